The lowest BCUT2D eigenvalue weighted by Crippen LogP contribution is -2.17. The van der Waals surface area contributed by atoms with Gasteiger partial charge in [0.05, 0.1) is 29.5 Å². The summed E-state index contributed by atoms with van der Waals surface area (Å²) < 4.78 is 5.10. The highest BCUT2D eigenvalue weighted by molar-refractivity contribution is 5.96. The van der Waals surface area contributed by atoms with E-state index in [1.54, 1.807) is 37.3 Å². The zero-order valence-corrected chi connectivity index (χ0v) is 17.2. The third-order valence-electron chi connectivity index (χ3n) is 4.30. The number of carbonyl (C=O) groups is 2. The quantitative estimate of drug-likeness (QED) is 0.340. The third kappa shape index (κ3) is 5.54. The van der Waals surface area contributed by atoms with Gasteiger partial charge in [0, 0.05) is 31.0 Å². The molecule has 2 aromatic heterocycles. The number of anilines is 2. The maximum Gasteiger partial charge on any atom is 0.341 e. The number of pyridine rings is 1. The topological polar surface area (TPSA) is 150 Å². The van der Waals surface area contributed by atoms with E-state index in [-0.39, 0.29) is 17.7 Å². The SMILES string of the molecule is CCOC(=O)c1cnc(NCCNc2ccc(C(=O)O)cn2)nc1-c1ccc(C#N)cc1. The summed E-state index contributed by atoms with van der Waals surface area (Å²) in [6.45, 7) is 2.84. The van der Waals surface area contributed by atoms with Gasteiger partial charge < -0.3 is 20.5 Å². The number of hydrogen-bond donors (Lipinski definition) is 3. The Labute approximate surface area is 183 Å². The highest BCUT2D eigenvalue weighted by Crippen LogP contribution is 2.23. The molecule has 0 bridgehead atoms. The molecule has 0 saturated heterocycles. The Morgan fingerprint density at radius 3 is 2.44 bits per heavy atom. The molecule has 32 heavy (non-hydrogen) atoms. The predicted molar refractivity (Wildman–Crippen MR) is 116 cm³/mol. The first-order chi connectivity index (χ1) is 15.5. The van der Waals surface area contributed by atoms with Gasteiger partial charge in [0.15, 0.2) is 0 Å². The zero-order valence-electron chi connectivity index (χ0n) is 17.2. The van der Waals surface area contributed by atoms with Gasteiger partial charge in [-0.2, -0.15) is 5.26 Å². The molecular formula is C22H20N6O4. The fourth-order valence-corrected chi connectivity index (χ4v) is 2.74. The minimum atomic E-state index is -1.04. The lowest BCUT2D eigenvalue weighted by Gasteiger charge is -2.11. The van der Waals surface area contributed by atoms with Crippen LogP contribution in [0, 0.1) is 11.3 Å². The number of ether oxygens (including phenoxy) is 1. The minimum absolute atomic E-state index is 0.110. The van der Waals surface area contributed by atoms with Crippen molar-refractivity contribution in [2.45, 2.75) is 6.92 Å². The second-order valence-electron chi connectivity index (χ2n) is 6.46. The second-order valence-corrected chi connectivity index (χ2v) is 6.46. The maximum atomic E-state index is 12.3. The van der Waals surface area contributed by atoms with Crippen molar-refractivity contribution in [1.29, 1.82) is 5.26 Å². The Morgan fingerprint density at radius 1 is 1.06 bits per heavy atom. The first-order valence-electron chi connectivity index (χ1n) is 9.73. The highest BCUT2D eigenvalue weighted by Gasteiger charge is 2.17. The van der Waals surface area contributed by atoms with Crippen molar-refractivity contribution in [3.05, 3.63) is 65.5 Å². The standard InChI is InChI=1S/C22H20N6O4/c1-2-32-21(31)17-13-27-22(28-19(17)15-5-3-14(11-23)4-6-15)25-10-9-24-18-8-7-16(12-26-18)20(29)30/h3-8,12-13H,2,9-10H2,1H3,(H,24,26)(H,29,30)(H,25,27,28). The normalized spacial score (nSPS) is 10.1. The van der Waals surface area contributed by atoms with Gasteiger partial charge in [0.25, 0.3) is 0 Å². The smallest absolute Gasteiger partial charge is 0.341 e. The molecule has 0 amide bonds. The molecule has 1 aromatic carbocycles. The van der Waals surface area contributed by atoms with Gasteiger partial charge in [-0.3, -0.25) is 0 Å². The molecule has 0 atom stereocenters. The van der Waals surface area contributed by atoms with E-state index in [1.807, 2.05) is 0 Å². The van der Waals surface area contributed by atoms with Crippen molar-refractivity contribution >= 4 is 23.7 Å². The average molecular weight is 432 g/mol. The Hall–Kier alpha value is -4.52. The van der Waals surface area contributed by atoms with Gasteiger partial charge >= 0.3 is 11.9 Å². The minimum Gasteiger partial charge on any atom is -0.478 e. The molecular weight excluding hydrogens is 412 g/mol. The number of carboxylic acid groups (broad SMARTS) is 1. The van der Waals surface area contributed by atoms with Crippen molar-refractivity contribution in [3.8, 4) is 17.3 Å². The van der Waals surface area contributed by atoms with E-state index in [2.05, 4.69) is 31.7 Å². The van der Waals surface area contributed by atoms with Crippen LogP contribution in [0.4, 0.5) is 11.8 Å². The summed E-state index contributed by atoms with van der Waals surface area (Å²) in [5.74, 6) is -0.717. The van der Waals surface area contributed by atoms with Crippen LogP contribution in [0.15, 0.2) is 48.8 Å². The van der Waals surface area contributed by atoms with E-state index in [4.69, 9.17) is 15.1 Å². The van der Waals surface area contributed by atoms with Crippen molar-refractivity contribution in [2.24, 2.45) is 0 Å². The largest absolute Gasteiger partial charge is 0.478 e. The van der Waals surface area contributed by atoms with E-state index in [9.17, 15) is 9.59 Å². The zero-order chi connectivity index (χ0) is 22.9. The van der Waals surface area contributed by atoms with E-state index >= 15 is 0 Å². The van der Waals surface area contributed by atoms with Crippen molar-refractivity contribution < 1.29 is 19.4 Å². The number of rotatable bonds is 9. The predicted octanol–water partition coefficient (Wildman–Crippen LogP) is 2.81. The molecule has 0 spiro atoms. The van der Waals surface area contributed by atoms with Crippen LogP contribution in [0.25, 0.3) is 11.3 Å². The molecule has 0 aliphatic heterocycles. The van der Waals surface area contributed by atoms with Gasteiger partial charge in [0.1, 0.15) is 11.4 Å². The van der Waals surface area contributed by atoms with Crippen LogP contribution in [0.2, 0.25) is 0 Å². The van der Waals surface area contributed by atoms with Gasteiger partial charge in [-0.25, -0.2) is 24.5 Å². The fraction of sp³-hybridized carbons (Fsp3) is 0.182. The number of esters is 1. The second kappa shape index (κ2) is 10.5. The number of benzene rings is 1. The number of hydrogen-bond acceptors (Lipinski definition) is 9. The maximum absolute atomic E-state index is 12.3. The van der Waals surface area contributed by atoms with Crippen molar-refractivity contribution in [3.63, 3.8) is 0 Å². The van der Waals surface area contributed by atoms with Crippen LogP contribution in [-0.2, 0) is 4.74 Å². The molecule has 0 aliphatic carbocycles. The van der Waals surface area contributed by atoms with Crippen LogP contribution >= 0.6 is 0 Å². The molecule has 162 valence electrons. The summed E-state index contributed by atoms with van der Waals surface area (Å²) in [5.41, 5.74) is 1.87. The molecule has 0 aliphatic rings. The van der Waals surface area contributed by atoms with E-state index < -0.39 is 11.9 Å². The number of carboxylic acids is 1. The lowest BCUT2D eigenvalue weighted by atomic mass is 10.1. The number of nitrogens with zero attached hydrogens (tertiary/aromatic N) is 4. The average Bonchev–Trinajstić information content (AvgIpc) is 2.82. The van der Waals surface area contributed by atoms with Crippen LogP contribution in [0.3, 0.4) is 0 Å². The fourth-order valence-electron chi connectivity index (χ4n) is 2.74. The summed E-state index contributed by atoms with van der Waals surface area (Å²) >= 11 is 0. The molecule has 3 aromatic rings. The number of aromatic nitrogens is 3. The Kier molecular flexibility index (Phi) is 7.27. The number of carbonyl (C=O) groups excluding carboxylic acids is 1. The number of nitriles is 1. The lowest BCUT2D eigenvalue weighted by molar-refractivity contribution is 0.0526. The molecule has 0 fully saturated rings. The molecule has 10 nitrogen and oxygen atoms in total. The first kappa shape index (κ1) is 22.2. The van der Waals surface area contributed by atoms with Crippen molar-refractivity contribution in [2.75, 3.05) is 30.3 Å². The first-order valence-corrected chi connectivity index (χ1v) is 9.73. The summed E-state index contributed by atoms with van der Waals surface area (Å²) in [7, 11) is 0. The Morgan fingerprint density at radius 2 is 1.81 bits per heavy atom. The monoisotopic (exact) mass is 432 g/mol. The number of aromatic carboxylic acids is 1. The molecule has 0 unspecified atom stereocenters. The Bertz CT molecular complexity index is 1140. The summed E-state index contributed by atoms with van der Waals surface area (Å²) in [4.78, 5) is 35.9. The van der Waals surface area contributed by atoms with Gasteiger partial charge in [-0.05, 0) is 31.2 Å². The summed E-state index contributed by atoms with van der Waals surface area (Å²) in [5, 5.41) is 24.0. The third-order valence-corrected chi connectivity index (χ3v) is 4.30. The summed E-state index contributed by atoms with van der Waals surface area (Å²) in [6, 6.07) is 11.8. The van der Waals surface area contributed by atoms with Crippen LogP contribution in [0.5, 0.6) is 0 Å². The van der Waals surface area contributed by atoms with E-state index in [0.717, 1.165) is 0 Å². The molecule has 3 N–H and O–H groups in total. The van der Waals surface area contributed by atoms with E-state index in [1.165, 1.54) is 18.5 Å². The van der Waals surface area contributed by atoms with Gasteiger partial charge in [-0.15, -0.1) is 0 Å². The van der Waals surface area contributed by atoms with Gasteiger partial charge in [-0.1, -0.05) is 12.1 Å². The molecule has 3 rings (SSSR count). The molecule has 10 heteroatoms. The van der Waals surface area contributed by atoms with Gasteiger partial charge in [0.2, 0.25) is 5.95 Å². The highest BCUT2D eigenvalue weighted by atomic mass is 16.5. The molecule has 2 heterocycles. The van der Waals surface area contributed by atoms with Crippen LogP contribution in [-0.4, -0.2) is 51.7 Å². The molecule has 0 saturated carbocycles. The van der Waals surface area contributed by atoms with Crippen molar-refractivity contribution in [1.82, 2.24) is 15.0 Å². The van der Waals surface area contributed by atoms with Crippen LogP contribution < -0.4 is 10.6 Å². The molecule has 0 radical (unpaired) electrons. The van der Waals surface area contributed by atoms with E-state index in [0.29, 0.717) is 41.7 Å². The summed E-state index contributed by atoms with van der Waals surface area (Å²) in [6.07, 6.45) is 2.68. The van der Waals surface area contributed by atoms with Crippen LogP contribution in [0.1, 0.15) is 33.2 Å². The Balaban J connectivity index is 1.70. The number of nitrogens with one attached hydrogen (secondary N) is 2.